The summed E-state index contributed by atoms with van der Waals surface area (Å²) in [6.07, 6.45) is 5.44. The van der Waals surface area contributed by atoms with E-state index in [9.17, 15) is 13.2 Å². The number of benzene rings is 1. The Morgan fingerprint density at radius 1 is 1.17 bits per heavy atom. The minimum Gasteiger partial charge on any atom is -0.352 e. The Kier molecular flexibility index (Phi) is 5.81. The summed E-state index contributed by atoms with van der Waals surface area (Å²) in [4.78, 5) is 12.3. The predicted molar refractivity (Wildman–Crippen MR) is 90.7 cm³/mol. The summed E-state index contributed by atoms with van der Waals surface area (Å²) >= 11 is 0. The highest BCUT2D eigenvalue weighted by Crippen LogP contribution is 2.19. The van der Waals surface area contributed by atoms with Crippen molar-refractivity contribution in [1.29, 1.82) is 0 Å². The highest BCUT2D eigenvalue weighted by atomic mass is 32.2. The quantitative estimate of drug-likeness (QED) is 0.896. The first-order valence-electron chi connectivity index (χ1n) is 8.13. The van der Waals surface area contributed by atoms with E-state index in [0.29, 0.717) is 0 Å². The van der Waals surface area contributed by atoms with E-state index in [4.69, 9.17) is 0 Å². The lowest BCUT2D eigenvalue weighted by Crippen LogP contribution is -2.43. The molecule has 0 heterocycles. The molecule has 1 aromatic carbocycles. The van der Waals surface area contributed by atoms with Gasteiger partial charge in [-0.1, -0.05) is 25.3 Å². The summed E-state index contributed by atoms with van der Waals surface area (Å²) in [7, 11) is -2.19. The van der Waals surface area contributed by atoms with E-state index in [2.05, 4.69) is 5.32 Å². The van der Waals surface area contributed by atoms with Crippen molar-refractivity contribution < 1.29 is 13.2 Å². The van der Waals surface area contributed by atoms with E-state index in [0.717, 1.165) is 41.1 Å². The van der Waals surface area contributed by atoms with Gasteiger partial charge in [0.15, 0.2) is 0 Å². The zero-order valence-corrected chi connectivity index (χ0v) is 14.9. The molecule has 1 aliphatic rings. The molecule has 5 nitrogen and oxygen atoms in total. The molecule has 1 amide bonds. The first-order valence-corrected chi connectivity index (χ1v) is 9.57. The van der Waals surface area contributed by atoms with E-state index in [-0.39, 0.29) is 23.4 Å². The van der Waals surface area contributed by atoms with Crippen molar-refractivity contribution in [1.82, 2.24) is 9.62 Å². The van der Waals surface area contributed by atoms with Gasteiger partial charge in [0.1, 0.15) is 0 Å². The van der Waals surface area contributed by atoms with E-state index in [1.54, 1.807) is 18.2 Å². The van der Waals surface area contributed by atoms with Crippen LogP contribution in [0.5, 0.6) is 0 Å². The average molecular weight is 338 g/mol. The standard InChI is InChI=1S/C17H26N2O3S/c1-13-9-10-16(11-14(13)2)23(21,22)19(3)12-17(20)18-15-7-5-4-6-8-15/h9-11,15H,4-8,12H2,1-3H3,(H,18,20). The Labute approximate surface area is 139 Å². The van der Waals surface area contributed by atoms with Crippen molar-refractivity contribution in [2.75, 3.05) is 13.6 Å². The molecular weight excluding hydrogens is 312 g/mol. The molecule has 1 saturated carbocycles. The van der Waals surface area contributed by atoms with Gasteiger partial charge in [-0.15, -0.1) is 0 Å². The van der Waals surface area contributed by atoms with Crippen molar-refractivity contribution in [3.8, 4) is 0 Å². The van der Waals surface area contributed by atoms with Gasteiger partial charge in [-0.2, -0.15) is 4.31 Å². The minimum atomic E-state index is -3.64. The van der Waals surface area contributed by atoms with Crippen LogP contribution in [0, 0.1) is 13.8 Å². The molecule has 0 saturated heterocycles. The minimum absolute atomic E-state index is 0.147. The third-order valence-corrected chi connectivity index (χ3v) is 6.32. The number of nitrogens with one attached hydrogen (secondary N) is 1. The van der Waals surface area contributed by atoms with Gasteiger partial charge in [0.05, 0.1) is 11.4 Å². The Hall–Kier alpha value is -1.40. The van der Waals surface area contributed by atoms with Gasteiger partial charge in [-0.3, -0.25) is 4.79 Å². The molecule has 6 heteroatoms. The van der Waals surface area contributed by atoms with E-state index < -0.39 is 10.0 Å². The summed E-state index contributed by atoms with van der Waals surface area (Å²) in [5, 5.41) is 2.95. The van der Waals surface area contributed by atoms with E-state index >= 15 is 0 Å². The second-order valence-corrected chi connectivity index (χ2v) is 8.45. The summed E-state index contributed by atoms with van der Waals surface area (Å²) in [5.41, 5.74) is 1.97. The summed E-state index contributed by atoms with van der Waals surface area (Å²) in [6.45, 7) is 3.67. The summed E-state index contributed by atoms with van der Waals surface area (Å²) in [5.74, 6) is -0.230. The van der Waals surface area contributed by atoms with E-state index in [1.807, 2.05) is 13.8 Å². The Balaban J connectivity index is 2.01. The van der Waals surface area contributed by atoms with Gasteiger partial charge < -0.3 is 5.32 Å². The first kappa shape index (κ1) is 17.9. The number of sulfonamides is 1. The van der Waals surface area contributed by atoms with Crippen LogP contribution in [0.15, 0.2) is 23.1 Å². The van der Waals surface area contributed by atoms with Gasteiger partial charge >= 0.3 is 0 Å². The molecule has 1 aliphatic carbocycles. The lowest BCUT2D eigenvalue weighted by atomic mass is 9.95. The average Bonchev–Trinajstić information content (AvgIpc) is 2.50. The van der Waals surface area contributed by atoms with Gasteiger partial charge in [0.25, 0.3) is 0 Å². The lowest BCUT2D eigenvalue weighted by Gasteiger charge is -2.24. The zero-order chi connectivity index (χ0) is 17.0. The Bertz CT molecular complexity index is 664. The number of aryl methyl sites for hydroxylation is 2. The second kappa shape index (κ2) is 7.45. The maximum absolute atomic E-state index is 12.6. The maximum Gasteiger partial charge on any atom is 0.243 e. The number of hydrogen-bond acceptors (Lipinski definition) is 3. The van der Waals surface area contributed by atoms with Crippen LogP contribution in [-0.2, 0) is 14.8 Å². The molecule has 2 rings (SSSR count). The topological polar surface area (TPSA) is 66.5 Å². The third kappa shape index (κ3) is 4.54. The van der Waals surface area contributed by atoms with Crippen molar-refractivity contribution in [3.05, 3.63) is 29.3 Å². The number of amides is 1. The van der Waals surface area contributed by atoms with Crippen LogP contribution in [0.25, 0.3) is 0 Å². The monoisotopic (exact) mass is 338 g/mol. The number of nitrogens with zero attached hydrogens (tertiary/aromatic N) is 1. The summed E-state index contributed by atoms with van der Waals surface area (Å²) in [6, 6.07) is 5.22. The fraction of sp³-hybridized carbons (Fsp3) is 0.588. The van der Waals surface area contributed by atoms with Crippen LogP contribution in [0.2, 0.25) is 0 Å². The smallest absolute Gasteiger partial charge is 0.243 e. The maximum atomic E-state index is 12.6. The molecule has 0 unspecified atom stereocenters. The molecule has 0 radical (unpaired) electrons. The molecule has 1 N–H and O–H groups in total. The molecule has 1 fully saturated rings. The van der Waals surface area contributed by atoms with Crippen LogP contribution >= 0.6 is 0 Å². The zero-order valence-electron chi connectivity index (χ0n) is 14.1. The fourth-order valence-electron chi connectivity index (χ4n) is 2.86. The SMILES string of the molecule is Cc1ccc(S(=O)(=O)N(C)CC(=O)NC2CCCCC2)cc1C. The van der Waals surface area contributed by atoms with E-state index in [1.165, 1.54) is 13.5 Å². The normalized spacial score (nSPS) is 16.5. The third-order valence-electron chi connectivity index (χ3n) is 4.52. The number of hydrogen-bond donors (Lipinski definition) is 1. The number of likely N-dealkylation sites (N-methyl/N-ethyl adjacent to an activating group) is 1. The largest absolute Gasteiger partial charge is 0.352 e. The number of rotatable bonds is 5. The van der Waals surface area contributed by atoms with Crippen molar-refractivity contribution in [2.24, 2.45) is 0 Å². The highest BCUT2D eigenvalue weighted by Gasteiger charge is 2.24. The molecule has 23 heavy (non-hydrogen) atoms. The van der Waals surface area contributed by atoms with Crippen LogP contribution in [-0.4, -0.2) is 38.3 Å². The van der Waals surface area contributed by atoms with Gasteiger partial charge in [0, 0.05) is 13.1 Å². The lowest BCUT2D eigenvalue weighted by molar-refractivity contribution is -0.122. The van der Waals surface area contributed by atoms with Gasteiger partial charge in [-0.05, 0) is 49.9 Å². The number of carbonyl (C=O) groups excluding carboxylic acids is 1. The molecule has 0 aliphatic heterocycles. The van der Waals surface area contributed by atoms with Crippen LogP contribution in [0.1, 0.15) is 43.2 Å². The Morgan fingerprint density at radius 2 is 1.83 bits per heavy atom. The van der Waals surface area contributed by atoms with Crippen molar-refractivity contribution in [2.45, 2.75) is 56.9 Å². The van der Waals surface area contributed by atoms with Crippen molar-refractivity contribution in [3.63, 3.8) is 0 Å². The van der Waals surface area contributed by atoms with Gasteiger partial charge in [0.2, 0.25) is 15.9 Å². The molecule has 0 atom stereocenters. The van der Waals surface area contributed by atoms with Crippen LogP contribution in [0.4, 0.5) is 0 Å². The Morgan fingerprint density at radius 3 is 2.43 bits per heavy atom. The summed E-state index contributed by atoms with van der Waals surface area (Å²) < 4.78 is 26.3. The molecule has 0 spiro atoms. The van der Waals surface area contributed by atoms with Crippen molar-refractivity contribution >= 4 is 15.9 Å². The highest BCUT2D eigenvalue weighted by molar-refractivity contribution is 7.89. The first-order chi connectivity index (χ1) is 10.8. The van der Waals surface area contributed by atoms with Gasteiger partial charge in [-0.25, -0.2) is 8.42 Å². The molecule has 1 aromatic rings. The molecule has 0 bridgehead atoms. The van der Waals surface area contributed by atoms with Crippen LogP contribution in [0.3, 0.4) is 0 Å². The second-order valence-electron chi connectivity index (χ2n) is 6.41. The predicted octanol–water partition coefficient (Wildman–Crippen LogP) is 2.37. The molecular formula is C17H26N2O3S. The van der Waals surface area contributed by atoms with Crippen LogP contribution < -0.4 is 5.32 Å². The fourth-order valence-corrected chi connectivity index (χ4v) is 4.07. The molecule has 0 aromatic heterocycles. The molecule has 128 valence electrons. The number of carbonyl (C=O) groups is 1.